The second-order valence-corrected chi connectivity index (χ2v) is 7.85. The number of aromatic nitrogens is 2. The van der Waals surface area contributed by atoms with Crippen LogP contribution in [0.15, 0.2) is 48.7 Å². The Morgan fingerprint density at radius 3 is 2.69 bits per heavy atom. The molecule has 136 valence electrons. The molecule has 0 radical (unpaired) electrons. The van der Waals surface area contributed by atoms with Gasteiger partial charge in [0.15, 0.2) is 0 Å². The lowest BCUT2D eigenvalue weighted by Gasteiger charge is -2.09. The summed E-state index contributed by atoms with van der Waals surface area (Å²) in [6.45, 7) is 2.22. The zero-order valence-electron chi connectivity index (χ0n) is 14.3. The molecule has 1 aromatic heterocycles. The smallest absolute Gasteiger partial charge is 0.253 e. The van der Waals surface area contributed by atoms with Crippen LogP contribution in [0, 0.1) is 6.92 Å². The molecule has 0 aliphatic heterocycles. The molecule has 8 heteroatoms. The first-order valence-corrected chi connectivity index (χ1v) is 9.83. The van der Waals surface area contributed by atoms with E-state index in [1.807, 2.05) is 19.1 Å². The Bertz CT molecular complexity index is 1010. The van der Waals surface area contributed by atoms with E-state index in [1.165, 1.54) is 0 Å². The first-order valence-electron chi connectivity index (χ1n) is 8.18. The molecular weight excluding hydrogens is 352 g/mol. The normalized spacial score (nSPS) is 11.6. The standard InChI is InChI=1S/C18H20N4O3S/c1-13-9-15-11-20-22-17(15)16(10-13)18(23)19-7-8-21-26(24,25)12-14-5-3-2-4-6-14/h2-6,9-11,21H,7-8,12H2,1H3,(H,19,23)(H,20,22). The van der Waals surface area contributed by atoms with Crippen LogP contribution in [-0.2, 0) is 15.8 Å². The third-order valence-electron chi connectivity index (χ3n) is 3.87. The number of aryl methyl sites for hydroxylation is 1. The van der Waals surface area contributed by atoms with Gasteiger partial charge in [0.2, 0.25) is 10.0 Å². The van der Waals surface area contributed by atoms with Crippen molar-refractivity contribution in [1.82, 2.24) is 20.2 Å². The van der Waals surface area contributed by atoms with E-state index < -0.39 is 10.0 Å². The van der Waals surface area contributed by atoms with Crippen molar-refractivity contribution in [3.63, 3.8) is 0 Å². The van der Waals surface area contributed by atoms with Crippen molar-refractivity contribution in [2.45, 2.75) is 12.7 Å². The zero-order chi connectivity index (χ0) is 18.6. The summed E-state index contributed by atoms with van der Waals surface area (Å²) < 4.78 is 26.6. The van der Waals surface area contributed by atoms with Crippen LogP contribution >= 0.6 is 0 Å². The van der Waals surface area contributed by atoms with Gasteiger partial charge in [-0.15, -0.1) is 0 Å². The fourth-order valence-electron chi connectivity index (χ4n) is 2.71. The third kappa shape index (κ3) is 4.47. The summed E-state index contributed by atoms with van der Waals surface area (Å²) in [6.07, 6.45) is 1.66. The highest BCUT2D eigenvalue weighted by molar-refractivity contribution is 7.88. The maximum atomic E-state index is 12.4. The molecule has 1 amide bonds. The van der Waals surface area contributed by atoms with Gasteiger partial charge >= 0.3 is 0 Å². The zero-order valence-corrected chi connectivity index (χ0v) is 15.1. The number of carbonyl (C=O) groups is 1. The predicted molar refractivity (Wildman–Crippen MR) is 100 cm³/mol. The monoisotopic (exact) mass is 372 g/mol. The van der Waals surface area contributed by atoms with E-state index in [4.69, 9.17) is 0 Å². The minimum absolute atomic E-state index is 0.0889. The molecular formula is C18H20N4O3S. The van der Waals surface area contributed by atoms with Gasteiger partial charge in [0.05, 0.1) is 23.0 Å². The van der Waals surface area contributed by atoms with Gasteiger partial charge in [0.25, 0.3) is 5.91 Å². The van der Waals surface area contributed by atoms with E-state index in [2.05, 4.69) is 20.2 Å². The SMILES string of the molecule is Cc1cc(C(=O)NCCNS(=O)(=O)Cc2ccccc2)c2[nH]ncc2c1. The number of nitrogens with zero attached hydrogens (tertiary/aromatic N) is 1. The van der Waals surface area contributed by atoms with Crippen molar-refractivity contribution >= 4 is 26.8 Å². The molecule has 0 unspecified atom stereocenters. The van der Waals surface area contributed by atoms with E-state index in [9.17, 15) is 13.2 Å². The lowest BCUT2D eigenvalue weighted by molar-refractivity contribution is 0.0955. The van der Waals surface area contributed by atoms with Crippen molar-refractivity contribution in [1.29, 1.82) is 0 Å². The van der Waals surface area contributed by atoms with Gasteiger partial charge in [-0.25, -0.2) is 13.1 Å². The number of nitrogens with one attached hydrogen (secondary N) is 3. The number of aromatic amines is 1. The van der Waals surface area contributed by atoms with Crippen LogP contribution in [0.4, 0.5) is 0 Å². The van der Waals surface area contributed by atoms with Gasteiger partial charge in [-0.1, -0.05) is 30.3 Å². The number of hydrogen-bond acceptors (Lipinski definition) is 4. The molecule has 0 saturated heterocycles. The summed E-state index contributed by atoms with van der Waals surface area (Å²) in [7, 11) is -3.45. The van der Waals surface area contributed by atoms with Crippen LogP contribution in [0.25, 0.3) is 10.9 Å². The number of fused-ring (bicyclic) bond motifs is 1. The van der Waals surface area contributed by atoms with Gasteiger partial charge in [-0.2, -0.15) is 5.10 Å². The first kappa shape index (κ1) is 18.1. The van der Waals surface area contributed by atoms with E-state index in [0.717, 1.165) is 10.9 Å². The minimum Gasteiger partial charge on any atom is -0.351 e. The lowest BCUT2D eigenvalue weighted by atomic mass is 10.1. The Hall–Kier alpha value is -2.71. The van der Waals surface area contributed by atoms with E-state index >= 15 is 0 Å². The molecule has 7 nitrogen and oxygen atoms in total. The molecule has 0 aliphatic carbocycles. The summed E-state index contributed by atoms with van der Waals surface area (Å²) in [5.74, 6) is -0.362. The van der Waals surface area contributed by atoms with Crippen molar-refractivity contribution in [2.75, 3.05) is 13.1 Å². The van der Waals surface area contributed by atoms with Crippen LogP contribution in [-0.4, -0.2) is 37.6 Å². The molecule has 2 aromatic carbocycles. The topological polar surface area (TPSA) is 104 Å². The van der Waals surface area contributed by atoms with Crippen molar-refractivity contribution in [3.8, 4) is 0 Å². The highest BCUT2D eigenvalue weighted by Gasteiger charge is 2.14. The Morgan fingerprint density at radius 1 is 1.15 bits per heavy atom. The van der Waals surface area contributed by atoms with Crippen LogP contribution in [0.3, 0.4) is 0 Å². The molecule has 0 saturated carbocycles. The molecule has 0 atom stereocenters. The van der Waals surface area contributed by atoms with Crippen LogP contribution < -0.4 is 10.0 Å². The average Bonchev–Trinajstić information content (AvgIpc) is 3.06. The van der Waals surface area contributed by atoms with E-state index in [1.54, 1.807) is 36.5 Å². The van der Waals surface area contributed by atoms with Gasteiger partial charge in [0, 0.05) is 18.5 Å². The van der Waals surface area contributed by atoms with Gasteiger partial charge in [0.1, 0.15) is 0 Å². The molecule has 26 heavy (non-hydrogen) atoms. The summed E-state index contributed by atoms with van der Waals surface area (Å²) in [4.78, 5) is 12.4. The highest BCUT2D eigenvalue weighted by atomic mass is 32.2. The number of hydrogen-bond donors (Lipinski definition) is 3. The number of benzene rings is 2. The van der Waals surface area contributed by atoms with Crippen molar-refractivity contribution in [2.24, 2.45) is 0 Å². The van der Waals surface area contributed by atoms with Gasteiger partial charge in [-0.05, 0) is 30.2 Å². The molecule has 0 bridgehead atoms. The van der Waals surface area contributed by atoms with Gasteiger partial charge in [-0.3, -0.25) is 9.89 Å². The highest BCUT2D eigenvalue weighted by Crippen LogP contribution is 2.18. The Morgan fingerprint density at radius 2 is 1.92 bits per heavy atom. The lowest BCUT2D eigenvalue weighted by Crippen LogP contribution is -2.35. The first-order chi connectivity index (χ1) is 12.4. The predicted octanol–water partition coefficient (Wildman–Crippen LogP) is 1.72. The molecule has 3 aromatic rings. The number of amides is 1. The second kappa shape index (κ2) is 7.67. The van der Waals surface area contributed by atoms with Crippen LogP contribution in [0.5, 0.6) is 0 Å². The van der Waals surface area contributed by atoms with E-state index in [0.29, 0.717) is 16.6 Å². The molecule has 3 rings (SSSR count). The Balaban J connectivity index is 1.54. The molecule has 3 N–H and O–H groups in total. The Labute approximate surface area is 151 Å². The minimum atomic E-state index is -3.45. The number of sulfonamides is 1. The fourth-order valence-corrected chi connectivity index (χ4v) is 3.86. The summed E-state index contributed by atoms with van der Waals surface area (Å²) >= 11 is 0. The summed E-state index contributed by atoms with van der Waals surface area (Å²) in [5.41, 5.74) is 2.82. The summed E-state index contributed by atoms with van der Waals surface area (Å²) in [6, 6.07) is 12.7. The van der Waals surface area contributed by atoms with Crippen molar-refractivity contribution in [3.05, 3.63) is 65.4 Å². The van der Waals surface area contributed by atoms with Crippen molar-refractivity contribution < 1.29 is 13.2 Å². The fraction of sp³-hybridized carbons (Fsp3) is 0.222. The second-order valence-electron chi connectivity index (χ2n) is 6.04. The maximum Gasteiger partial charge on any atom is 0.253 e. The number of H-pyrrole nitrogens is 1. The summed E-state index contributed by atoms with van der Waals surface area (Å²) in [5, 5.41) is 10.4. The number of rotatable bonds is 7. The Kier molecular flexibility index (Phi) is 5.34. The quantitative estimate of drug-likeness (QED) is 0.549. The van der Waals surface area contributed by atoms with E-state index in [-0.39, 0.29) is 24.7 Å². The largest absolute Gasteiger partial charge is 0.351 e. The molecule has 0 aliphatic rings. The number of carbonyl (C=O) groups excluding carboxylic acids is 1. The van der Waals surface area contributed by atoms with Gasteiger partial charge < -0.3 is 5.32 Å². The third-order valence-corrected chi connectivity index (χ3v) is 5.23. The average molecular weight is 372 g/mol. The molecule has 0 spiro atoms. The maximum absolute atomic E-state index is 12.4. The van der Waals surface area contributed by atoms with Crippen LogP contribution in [0.1, 0.15) is 21.5 Å². The molecule has 1 heterocycles. The molecule has 0 fully saturated rings. The van der Waals surface area contributed by atoms with Crippen LogP contribution in [0.2, 0.25) is 0 Å².